The number of amides is 1. The van der Waals surface area contributed by atoms with Crippen molar-refractivity contribution in [2.24, 2.45) is 0 Å². The van der Waals surface area contributed by atoms with Crippen LogP contribution >= 0.6 is 0 Å². The van der Waals surface area contributed by atoms with Gasteiger partial charge in [0.05, 0.1) is 0 Å². The number of hydrogen-bond acceptors (Lipinski definition) is 3. The fourth-order valence-corrected chi connectivity index (χ4v) is 2.51. The van der Waals surface area contributed by atoms with Gasteiger partial charge in [-0.05, 0) is 45.0 Å². The van der Waals surface area contributed by atoms with Crippen molar-refractivity contribution in [3.63, 3.8) is 0 Å². The third kappa shape index (κ3) is 3.45. The number of pyridine rings is 1. The molecule has 2 aromatic rings. The second-order valence-electron chi connectivity index (χ2n) is 4.96. The van der Waals surface area contributed by atoms with Gasteiger partial charge in [0.1, 0.15) is 5.69 Å². The number of carbonyl (C=O) groups is 1. The Morgan fingerprint density at radius 2 is 1.64 bits per heavy atom. The highest BCUT2D eigenvalue weighted by molar-refractivity contribution is 6.05. The molecule has 0 radical (unpaired) electrons. The summed E-state index contributed by atoms with van der Waals surface area (Å²) in [6, 6.07) is 13.5. The van der Waals surface area contributed by atoms with Gasteiger partial charge in [-0.1, -0.05) is 18.2 Å². The number of nitrogens with zero attached hydrogens (tertiary/aromatic N) is 3. The second-order valence-corrected chi connectivity index (χ2v) is 4.96. The normalized spacial score (nSPS) is 10.3. The molecule has 4 heteroatoms. The number of anilines is 2. The Bertz CT molecular complexity index is 609. The SMILES string of the molecule is CCN(CC)c1ccnc(C(=O)N(CC)c2ccccc2)c1. The van der Waals surface area contributed by atoms with Gasteiger partial charge in [0.2, 0.25) is 0 Å². The molecule has 0 N–H and O–H groups in total. The van der Waals surface area contributed by atoms with Gasteiger partial charge in [-0.25, -0.2) is 0 Å². The Hall–Kier alpha value is -2.36. The molecule has 0 atom stereocenters. The minimum absolute atomic E-state index is 0.0669. The number of aromatic nitrogens is 1. The van der Waals surface area contributed by atoms with Crippen LogP contribution in [-0.2, 0) is 0 Å². The van der Waals surface area contributed by atoms with Crippen LogP contribution in [0.15, 0.2) is 48.7 Å². The zero-order chi connectivity index (χ0) is 15.9. The predicted molar refractivity (Wildman–Crippen MR) is 91.6 cm³/mol. The first-order valence-electron chi connectivity index (χ1n) is 7.79. The molecule has 1 aromatic carbocycles. The first kappa shape index (κ1) is 16.0. The van der Waals surface area contributed by atoms with Crippen LogP contribution in [-0.4, -0.2) is 30.5 Å². The number of hydrogen-bond donors (Lipinski definition) is 0. The van der Waals surface area contributed by atoms with Crippen LogP contribution in [0, 0.1) is 0 Å². The number of rotatable bonds is 6. The van der Waals surface area contributed by atoms with E-state index in [1.807, 2.05) is 49.4 Å². The topological polar surface area (TPSA) is 36.4 Å². The van der Waals surface area contributed by atoms with Gasteiger partial charge in [0.15, 0.2) is 0 Å². The minimum Gasteiger partial charge on any atom is -0.372 e. The van der Waals surface area contributed by atoms with E-state index < -0.39 is 0 Å². The molecule has 0 saturated heterocycles. The van der Waals surface area contributed by atoms with Crippen LogP contribution in [0.25, 0.3) is 0 Å². The molecule has 0 saturated carbocycles. The lowest BCUT2D eigenvalue weighted by Gasteiger charge is -2.23. The van der Waals surface area contributed by atoms with E-state index in [1.54, 1.807) is 11.1 Å². The molecular formula is C18H23N3O. The molecule has 0 aliphatic carbocycles. The number of para-hydroxylation sites is 1. The Kier molecular flexibility index (Phi) is 5.53. The minimum atomic E-state index is -0.0669. The van der Waals surface area contributed by atoms with E-state index in [0.717, 1.165) is 24.5 Å². The fourth-order valence-electron chi connectivity index (χ4n) is 2.51. The van der Waals surface area contributed by atoms with Crippen molar-refractivity contribution in [2.45, 2.75) is 20.8 Å². The van der Waals surface area contributed by atoms with Crippen molar-refractivity contribution >= 4 is 17.3 Å². The van der Waals surface area contributed by atoms with Gasteiger partial charge in [-0.15, -0.1) is 0 Å². The summed E-state index contributed by atoms with van der Waals surface area (Å²) in [6.45, 7) is 8.61. The van der Waals surface area contributed by atoms with E-state index in [0.29, 0.717) is 12.2 Å². The van der Waals surface area contributed by atoms with Crippen LogP contribution in [0.3, 0.4) is 0 Å². The molecule has 0 fully saturated rings. The van der Waals surface area contributed by atoms with Crippen molar-refractivity contribution < 1.29 is 4.79 Å². The molecule has 2 rings (SSSR count). The third-order valence-corrected chi connectivity index (χ3v) is 3.72. The molecule has 0 bridgehead atoms. The Morgan fingerprint density at radius 3 is 2.23 bits per heavy atom. The van der Waals surface area contributed by atoms with E-state index >= 15 is 0 Å². The van der Waals surface area contributed by atoms with Gasteiger partial charge in [0, 0.05) is 37.2 Å². The highest BCUT2D eigenvalue weighted by Crippen LogP contribution is 2.19. The Balaban J connectivity index is 2.30. The monoisotopic (exact) mass is 297 g/mol. The zero-order valence-electron chi connectivity index (χ0n) is 13.5. The lowest BCUT2D eigenvalue weighted by atomic mass is 10.2. The molecule has 0 spiro atoms. The maximum atomic E-state index is 12.8. The van der Waals surface area contributed by atoms with E-state index in [-0.39, 0.29) is 5.91 Å². The summed E-state index contributed by atoms with van der Waals surface area (Å²) in [6.07, 6.45) is 1.71. The highest BCUT2D eigenvalue weighted by atomic mass is 16.2. The van der Waals surface area contributed by atoms with Crippen molar-refractivity contribution in [1.82, 2.24) is 4.98 Å². The van der Waals surface area contributed by atoms with Gasteiger partial charge < -0.3 is 9.80 Å². The maximum Gasteiger partial charge on any atom is 0.276 e. The van der Waals surface area contributed by atoms with E-state index in [4.69, 9.17) is 0 Å². The summed E-state index contributed by atoms with van der Waals surface area (Å²) < 4.78 is 0. The summed E-state index contributed by atoms with van der Waals surface area (Å²) in [5, 5.41) is 0. The summed E-state index contributed by atoms with van der Waals surface area (Å²) in [5.74, 6) is -0.0669. The van der Waals surface area contributed by atoms with Gasteiger partial charge in [-0.3, -0.25) is 9.78 Å². The maximum absolute atomic E-state index is 12.8. The molecule has 4 nitrogen and oxygen atoms in total. The molecule has 0 unspecified atom stereocenters. The van der Waals surface area contributed by atoms with Gasteiger partial charge in [-0.2, -0.15) is 0 Å². The molecule has 22 heavy (non-hydrogen) atoms. The smallest absolute Gasteiger partial charge is 0.276 e. The summed E-state index contributed by atoms with van der Waals surface area (Å²) in [5.41, 5.74) is 2.41. The molecular weight excluding hydrogens is 274 g/mol. The Morgan fingerprint density at radius 1 is 0.955 bits per heavy atom. The van der Waals surface area contributed by atoms with Gasteiger partial charge in [0.25, 0.3) is 5.91 Å². The average molecular weight is 297 g/mol. The van der Waals surface area contributed by atoms with Crippen LogP contribution in [0.4, 0.5) is 11.4 Å². The molecule has 1 amide bonds. The van der Waals surface area contributed by atoms with Crippen molar-refractivity contribution in [3.05, 3.63) is 54.4 Å². The van der Waals surface area contributed by atoms with Crippen LogP contribution in [0.5, 0.6) is 0 Å². The molecule has 116 valence electrons. The lowest BCUT2D eigenvalue weighted by Crippen LogP contribution is -2.31. The lowest BCUT2D eigenvalue weighted by molar-refractivity contribution is 0.0983. The largest absolute Gasteiger partial charge is 0.372 e. The van der Waals surface area contributed by atoms with Crippen LogP contribution in [0.1, 0.15) is 31.3 Å². The fraction of sp³-hybridized carbons (Fsp3) is 0.333. The van der Waals surface area contributed by atoms with Gasteiger partial charge >= 0.3 is 0 Å². The standard InChI is InChI=1S/C18H23N3O/c1-4-20(5-2)16-12-13-19-17(14-16)18(22)21(6-3)15-10-8-7-9-11-15/h7-14H,4-6H2,1-3H3. The average Bonchev–Trinajstić information content (AvgIpc) is 2.58. The van der Waals surface area contributed by atoms with Crippen LogP contribution in [0.2, 0.25) is 0 Å². The van der Waals surface area contributed by atoms with Crippen molar-refractivity contribution in [2.75, 3.05) is 29.4 Å². The molecule has 0 aliphatic heterocycles. The summed E-state index contributed by atoms with van der Waals surface area (Å²) in [4.78, 5) is 21.0. The van der Waals surface area contributed by atoms with Crippen molar-refractivity contribution in [1.29, 1.82) is 0 Å². The van der Waals surface area contributed by atoms with E-state index in [2.05, 4.69) is 23.7 Å². The van der Waals surface area contributed by atoms with Crippen molar-refractivity contribution in [3.8, 4) is 0 Å². The Labute approximate surface area is 132 Å². The number of carbonyl (C=O) groups excluding carboxylic acids is 1. The predicted octanol–water partition coefficient (Wildman–Crippen LogP) is 3.59. The molecule has 0 aliphatic rings. The van der Waals surface area contributed by atoms with E-state index in [9.17, 15) is 4.79 Å². The summed E-state index contributed by atoms with van der Waals surface area (Å²) in [7, 11) is 0. The quantitative estimate of drug-likeness (QED) is 0.817. The highest BCUT2D eigenvalue weighted by Gasteiger charge is 2.18. The van der Waals surface area contributed by atoms with E-state index in [1.165, 1.54) is 0 Å². The first-order valence-corrected chi connectivity index (χ1v) is 7.79. The third-order valence-electron chi connectivity index (χ3n) is 3.72. The molecule has 1 aromatic heterocycles. The molecule has 1 heterocycles. The second kappa shape index (κ2) is 7.59. The number of benzene rings is 1. The zero-order valence-corrected chi connectivity index (χ0v) is 13.5. The first-order chi connectivity index (χ1) is 10.7. The van der Waals surface area contributed by atoms with Crippen LogP contribution < -0.4 is 9.80 Å². The summed E-state index contributed by atoms with van der Waals surface area (Å²) >= 11 is 0.